The minimum Gasteiger partial charge on any atom is -0.327 e. The molecule has 0 aliphatic rings. The van der Waals surface area contributed by atoms with Crippen LogP contribution in [0.2, 0.25) is 0 Å². The standard InChI is InChI=1S/C12H18FN3O/c1-9(14)7-16(2)8-12(17)15-11-5-3-10(13)4-6-11/h3-6,9H,7-8,14H2,1-2H3,(H,15,17). The highest BCUT2D eigenvalue weighted by Crippen LogP contribution is 2.07. The molecule has 0 bridgehead atoms. The average Bonchev–Trinajstić information content (AvgIpc) is 2.19. The highest BCUT2D eigenvalue weighted by Gasteiger charge is 2.08. The van der Waals surface area contributed by atoms with Crippen molar-refractivity contribution in [3.63, 3.8) is 0 Å². The lowest BCUT2D eigenvalue weighted by Gasteiger charge is -2.18. The molecule has 0 saturated heterocycles. The molecule has 1 aromatic rings. The van der Waals surface area contributed by atoms with Crippen LogP contribution in [0.25, 0.3) is 0 Å². The van der Waals surface area contributed by atoms with Crippen molar-refractivity contribution in [2.24, 2.45) is 5.73 Å². The zero-order valence-corrected chi connectivity index (χ0v) is 10.1. The van der Waals surface area contributed by atoms with Crippen molar-refractivity contribution in [2.45, 2.75) is 13.0 Å². The van der Waals surface area contributed by atoms with E-state index >= 15 is 0 Å². The summed E-state index contributed by atoms with van der Waals surface area (Å²) in [6, 6.07) is 5.69. The van der Waals surface area contributed by atoms with Gasteiger partial charge in [0.2, 0.25) is 5.91 Å². The third kappa shape index (κ3) is 5.42. The van der Waals surface area contributed by atoms with Crippen LogP contribution in [0.4, 0.5) is 10.1 Å². The number of nitrogens with two attached hydrogens (primary N) is 1. The Hall–Kier alpha value is -1.46. The van der Waals surface area contributed by atoms with Crippen LogP contribution < -0.4 is 11.1 Å². The fourth-order valence-corrected chi connectivity index (χ4v) is 1.54. The summed E-state index contributed by atoms with van der Waals surface area (Å²) in [4.78, 5) is 13.4. The van der Waals surface area contributed by atoms with Gasteiger partial charge in [0.05, 0.1) is 6.54 Å². The number of nitrogens with one attached hydrogen (secondary N) is 1. The monoisotopic (exact) mass is 239 g/mol. The first-order valence-electron chi connectivity index (χ1n) is 5.47. The second-order valence-corrected chi connectivity index (χ2v) is 4.23. The lowest BCUT2D eigenvalue weighted by molar-refractivity contribution is -0.117. The lowest BCUT2D eigenvalue weighted by Crippen LogP contribution is -2.37. The zero-order chi connectivity index (χ0) is 12.8. The van der Waals surface area contributed by atoms with Gasteiger partial charge in [0.1, 0.15) is 5.82 Å². The largest absolute Gasteiger partial charge is 0.327 e. The number of amides is 1. The topological polar surface area (TPSA) is 58.4 Å². The number of halogens is 1. The van der Waals surface area contributed by atoms with Gasteiger partial charge in [0.25, 0.3) is 0 Å². The number of rotatable bonds is 5. The third-order valence-electron chi connectivity index (χ3n) is 2.14. The second kappa shape index (κ2) is 6.32. The van der Waals surface area contributed by atoms with Crippen molar-refractivity contribution in [3.8, 4) is 0 Å². The Morgan fingerprint density at radius 1 is 1.47 bits per heavy atom. The van der Waals surface area contributed by atoms with E-state index in [9.17, 15) is 9.18 Å². The maximum atomic E-state index is 12.6. The summed E-state index contributed by atoms with van der Waals surface area (Å²) in [7, 11) is 1.83. The summed E-state index contributed by atoms with van der Waals surface area (Å²) in [5.74, 6) is -0.461. The van der Waals surface area contributed by atoms with E-state index in [1.165, 1.54) is 24.3 Å². The third-order valence-corrected chi connectivity index (χ3v) is 2.14. The van der Waals surface area contributed by atoms with Crippen molar-refractivity contribution in [1.29, 1.82) is 0 Å². The van der Waals surface area contributed by atoms with Crippen LogP contribution in [0.15, 0.2) is 24.3 Å². The first kappa shape index (κ1) is 13.6. The van der Waals surface area contributed by atoms with Crippen LogP contribution in [0.3, 0.4) is 0 Å². The van der Waals surface area contributed by atoms with Crippen molar-refractivity contribution in [1.82, 2.24) is 4.90 Å². The molecule has 0 aliphatic carbocycles. The minimum atomic E-state index is -0.322. The summed E-state index contributed by atoms with van der Waals surface area (Å²) >= 11 is 0. The van der Waals surface area contributed by atoms with E-state index < -0.39 is 0 Å². The van der Waals surface area contributed by atoms with E-state index in [0.29, 0.717) is 12.2 Å². The fraction of sp³-hybridized carbons (Fsp3) is 0.417. The van der Waals surface area contributed by atoms with Gasteiger partial charge in [-0.2, -0.15) is 0 Å². The fourth-order valence-electron chi connectivity index (χ4n) is 1.54. The van der Waals surface area contributed by atoms with Gasteiger partial charge in [0, 0.05) is 18.3 Å². The average molecular weight is 239 g/mol. The van der Waals surface area contributed by atoms with Crippen LogP contribution >= 0.6 is 0 Å². The quantitative estimate of drug-likeness (QED) is 0.807. The van der Waals surface area contributed by atoms with Gasteiger partial charge in [-0.05, 0) is 38.2 Å². The molecule has 1 unspecified atom stereocenters. The highest BCUT2D eigenvalue weighted by molar-refractivity contribution is 5.92. The molecular weight excluding hydrogens is 221 g/mol. The molecule has 1 aromatic carbocycles. The van der Waals surface area contributed by atoms with E-state index in [-0.39, 0.29) is 24.3 Å². The van der Waals surface area contributed by atoms with E-state index in [2.05, 4.69) is 5.32 Å². The predicted molar refractivity (Wildman–Crippen MR) is 66.2 cm³/mol. The first-order chi connectivity index (χ1) is 7.97. The number of nitrogens with zero attached hydrogens (tertiary/aromatic N) is 1. The van der Waals surface area contributed by atoms with E-state index in [1.807, 2.05) is 18.9 Å². The molecule has 1 amide bonds. The molecule has 0 fully saturated rings. The summed E-state index contributed by atoms with van der Waals surface area (Å²) in [5, 5.41) is 2.69. The van der Waals surface area contributed by atoms with Gasteiger partial charge in [-0.25, -0.2) is 4.39 Å². The van der Waals surface area contributed by atoms with Gasteiger partial charge in [-0.15, -0.1) is 0 Å². The molecule has 4 nitrogen and oxygen atoms in total. The Morgan fingerprint density at radius 3 is 2.59 bits per heavy atom. The van der Waals surface area contributed by atoms with Gasteiger partial charge >= 0.3 is 0 Å². The summed E-state index contributed by atoms with van der Waals surface area (Å²) in [6.07, 6.45) is 0. The van der Waals surface area contributed by atoms with Gasteiger partial charge in [0.15, 0.2) is 0 Å². The Bertz CT molecular complexity index is 365. The van der Waals surface area contributed by atoms with Gasteiger partial charge < -0.3 is 11.1 Å². The molecule has 0 aromatic heterocycles. The van der Waals surface area contributed by atoms with Crippen LogP contribution in [0, 0.1) is 5.82 Å². The normalized spacial score (nSPS) is 12.5. The lowest BCUT2D eigenvalue weighted by atomic mass is 10.3. The molecule has 1 atom stereocenters. The Balaban J connectivity index is 2.41. The predicted octanol–water partition coefficient (Wildman–Crippen LogP) is 1.04. The highest BCUT2D eigenvalue weighted by atomic mass is 19.1. The molecule has 17 heavy (non-hydrogen) atoms. The minimum absolute atomic E-state index is 0.0265. The number of carbonyl (C=O) groups excluding carboxylic acids is 1. The first-order valence-corrected chi connectivity index (χ1v) is 5.47. The SMILES string of the molecule is CC(N)CN(C)CC(=O)Nc1ccc(F)cc1. The Morgan fingerprint density at radius 2 is 2.06 bits per heavy atom. The number of benzene rings is 1. The number of hydrogen-bond donors (Lipinski definition) is 2. The molecule has 5 heteroatoms. The summed E-state index contributed by atoms with van der Waals surface area (Å²) in [6.45, 7) is 2.80. The Kier molecular flexibility index (Phi) is 5.06. The van der Waals surface area contributed by atoms with Crippen molar-refractivity contribution >= 4 is 11.6 Å². The molecule has 0 aliphatic heterocycles. The summed E-state index contributed by atoms with van der Waals surface area (Å²) in [5.41, 5.74) is 6.21. The van der Waals surface area contributed by atoms with E-state index in [0.717, 1.165) is 0 Å². The maximum Gasteiger partial charge on any atom is 0.238 e. The van der Waals surface area contributed by atoms with Gasteiger partial charge in [-0.3, -0.25) is 9.69 Å². The van der Waals surface area contributed by atoms with Gasteiger partial charge in [-0.1, -0.05) is 0 Å². The number of hydrogen-bond acceptors (Lipinski definition) is 3. The molecule has 3 N–H and O–H groups in total. The van der Waals surface area contributed by atoms with Crippen LogP contribution in [-0.2, 0) is 4.79 Å². The molecule has 94 valence electrons. The second-order valence-electron chi connectivity index (χ2n) is 4.23. The van der Waals surface area contributed by atoms with Crippen molar-refractivity contribution in [3.05, 3.63) is 30.1 Å². The Labute approximate surface area is 101 Å². The molecule has 0 spiro atoms. The smallest absolute Gasteiger partial charge is 0.238 e. The van der Waals surface area contributed by atoms with E-state index in [4.69, 9.17) is 5.73 Å². The van der Waals surface area contributed by atoms with Crippen molar-refractivity contribution in [2.75, 3.05) is 25.5 Å². The van der Waals surface area contributed by atoms with Crippen LogP contribution in [0.5, 0.6) is 0 Å². The summed E-state index contributed by atoms with van der Waals surface area (Å²) < 4.78 is 12.6. The van der Waals surface area contributed by atoms with Crippen LogP contribution in [0.1, 0.15) is 6.92 Å². The molecule has 0 saturated carbocycles. The van der Waals surface area contributed by atoms with Crippen molar-refractivity contribution < 1.29 is 9.18 Å². The van der Waals surface area contributed by atoms with E-state index in [1.54, 1.807) is 0 Å². The number of carbonyl (C=O) groups is 1. The number of anilines is 1. The molecule has 1 rings (SSSR count). The zero-order valence-electron chi connectivity index (χ0n) is 10.1. The molecule has 0 radical (unpaired) electrons. The maximum absolute atomic E-state index is 12.6. The number of likely N-dealkylation sites (N-methyl/N-ethyl adjacent to an activating group) is 1. The van der Waals surface area contributed by atoms with Crippen LogP contribution in [-0.4, -0.2) is 37.0 Å². The molecule has 0 heterocycles. The molecular formula is C12H18FN3O.